The van der Waals surface area contributed by atoms with Crippen LogP contribution >= 0.6 is 0 Å². The van der Waals surface area contributed by atoms with Gasteiger partial charge in [0, 0.05) is 38.3 Å². The molecular formula is C37H71N3O. The highest BCUT2D eigenvalue weighted by atomic mass is 16.1. The Hall–Kier alpha value is -1.32. The summed E-state index contributed by atoms with van der Waals surface area (Å²) in [6, 6.07) is 0. The molecule has 0 spiro atoms. The third-order valence-electron chi connectivity index (χ3n) is 8.74. The van der Waals surface area contributed by atoms with Gasteiger partial charge in [-0.15, -0.1) is 0 Å². The zero-order valence-electron chi connectivity index (χ0n) is 27.9. The van der Waals surface area contributed by atoms with Crippen LogP contribution in [0.5, 0.6) is 0 Å². The Labute approximate surface area is 256 Å². The number of hydrogen-bond donors (Lipinski definition) is 1. The van der Waals surface area contributed by atoms with Crippen molar-refractivity contribution >= 4 is 5.91 Å². The molecule has 0 radical (unpaired) electrons. The van der Waals surface area contributed by atoms with Crippen molar-refractivity contribution in [2.75, 3.05) is 6.54 Å². The van der Waals surface area contributed by atoms with Crippen LogP contribution < -0.4 is 5.32 Å². The fourth-order valence-corrected chi connectivity index (χ4v) is 5.96. The number of carbonyl (C=O) groups excluding carboxylic acids is 1. The van der Waals surface area contributed by atoms with Crippen LogP contribution in [0.25, 0.3) is 0 Å². The molecule has 1 aromatic rings. The molecule has 1 rings (SSSR count). The summed E-state index contributed by atoms with van der Waals surface area (Å²) in [7, 11) is 0. The van der Waals surface area contributed by atoms with Crippen LogP contribution in [0.15, 0.2) is 12.4 Å². The Morgan fingerprint density at radius 2 is 0.976 bits per heavy atom. The number of amides is 1. The maximum absolute atomic E-state index is 12.2. The number of rotatable bonds is 32. The summed E-state index contributed by atoms with van der Waals surface area (Å²) < 4.78 is 2.23. The largest absolute Gasteiger partial charge is 0.354 e. The number of nitrogens with one attached hydrogen (secondary N) is 1. The minimum atomic E-state index is 0.210. The standard InChI is InChI=1S/C37H71N3O/c1-3-5-7-9-11-13-15-17-19-20-22-24-26-28-30-36-38-32-34-40(36)35-33-39-37(41)31-29-27-25-23-21-18-16-14-12-10-8-6-4-2/h32,34H,3-31,33,35H2,1-2H3,(H,39,41). The van der Waals surface area contributed by atoms with E-state index in [1.165, 1.54) is 173 Å². The average Bonchev–Trinajstić information content (AvgIpc) is 3.42. The van der Waals surface area contributed by atoms with Crippen molar-refractivity contribution < 1.29 is 4.79 Å². The number of carbonyl (C=O) groups is 1. The van der Waals surface area contributed by atoms with E-state index in [1.807, 2.05) is 6.20 Å². The van der Waals surface area contributed by atoms with Gasteiger partial charge in [0.15, 0.2) is 0 Å². The number of unbranched alkanes of at least 4 members (excludes halogenated alkanes) is 25. The predicted octanol–water partition coefficient (Wildman–Crippen LogP) is 11.5. The Morgan fingerprint density at radius 1 is 0.585 bits per heavy atom. The summed E-state index contributed by atoms with van der Waals surface area (Å²) in [5, 5.41) is 3.12. The van der Waals surface area contributed by atoms with Crippen LogP contribution in [-0.4, -0.2) is 22.0 Å². The predicted molar refractivity (Wildman–Crippen MR) is 180 cm³/mol. The minimum Gasteiger partial charge on any atom is -0.354 e. The number of imidazole rings is 1. The Kier molecular flexibility index (Phi) is 27.7. The summed E-state index contributed by atoms with van der Waals surface area (Å²) in [4.78, 5) is 16.8. The second-order valence-electron chi connectivity index (χ2n) is 12.7. The Bertz CT molecular complexity index is 671. The molecule has 41 heavy (non-hydrogen) atoms. The third-order valence-corrected chi connectivity index (χ3v) is 8.74. The highest BCUT2D eigenvalue weighted by Gasteiger charge is 2.05. The van der Waals surface area contributed by atoms with Crippen molar-refractivity contribution in [2.45, 2.75) is 207 Å². The molecule has 0 aliphatic rings. The van der Waals surface area contributed by atoms with Crippen LogP contribution in [0.4, 0.5) is 0 Å². The lowest BCUT2D eigenvalue weighted by atomic mass is 10.0. The smallest absolute Gasteiger partial charge is 0.220 e. The first kappa shape index (κ1) is 37.7. The second kappa shape index (κ2) is 30.1. The Morgan fingerprint density at radius 3 is 1.41 bits per heavy atom. The van der Waals surface area contributed by atoms with Gasteiger partial charge in [-0.3, -0.25) is 4.79 Å². The lowest BCUT2D eigenvalue weighted by molar-refractivity contribution is -0.121. The topological polar surface area (TPSA) is 46.9 Å². The molecule has 0 unspecified atom stereocenters. The van der Waals surface area contributed by atoms with Crippen molar-refractivity contribution in [1.82, 2.24) is 14.9 Å². The molecule has 0 atom stereocenters. The molecule has 0 saturated heterocycles. The quantitative estimate of drug-likeness (QED) is 0.0871. The second-order valence-corrected chi connectivity index (χ2v) is 12.7. The first-order valence-corrected chi connectivity index (χ1v) is 18.5. The minimum absolute atomic E-state index is 0.210. The first-order valence-electron chi connectivity index (χ1n) is 18.5. The molecule has 4 heteroatoms. The zero-order valence-corrected chi connectivity index (χ0v) is 27.9. The van der Waals surface area contributed by atoms with E-state index in [2.05, 4.69) is 34.9 Å². The number of nitrogens with zero attached hydrogens (tertiary/aromatic N) is 2. The lowest BCUT2D eigenvalue weighted by Crippen LogP contribution is -2.27. The van der Waals surface area contributed by atoms with E-state index < -0.39 is 0 Å². The van der Waals surface area contributed by atoms with Gasteiger partial charge >= 0.3 is 0 Å². The van der Waals surface area contributed by atoms with E-state index in [1.54, 1.807) is 0 Å². The molecule has 0 fully saturated rings. The summed E-state index contributed by atoms with van der Waals surface area (Å²) in [5.74, 6) is 1.39. The summed E-state index contributed by atoms with van der Waals surface area (Å²) >= 11 is 0. The molecule has 0 aliphatic heterocycles. The van der Waals surface area contributed by atoms with Crippen molar-refractivity contribution in [3.05, 3.63) is 18.2 Å². The normalized spacial score (nSPS) is 11.4. The van der Waals surface area contributed by atoms with Crippen molar-refractivity contribution in [3.8, 4) is 0 Å². The van der Waals surface area contributed by atoms with Crippen molar-refractivity contribution in [3.63, 3.8) is 0 Å². The summed E-state index contributed by atoms with van der Waals surface area (Å²) in [5.41, 5.74) is 0. The molecule has 0 bridgehead atoms. The molecule has 4 nitrogen and oxygen atoms in total. The Balaban J connectivity index is 1.89. The SMILES string of the molecule is CCCCCCCCCCCCCCCCc1nccn1CCNC(=O)CCCCCCCCCCCCCCC. The molecule has 1 N–H and O–H groups in total. The van der Waals surface area contributed by atoms with Crippen LogP contribution in [0, 0.1) is 0 Å². The molecule has 1 heterocycles. The highest BCUT2D eigenvalue weighted by molar-refractivity contribution is 5.75. The van der Waals surface area contributed by atoms with E-state index in [0.29, 0.717) is 13.0 Å². The fraction of sp³-hybridized carbons (Fsp3) is 0.892. The van der Waals surface area contributed by atoms with Gasteiger partial charge in [0.25, 0.3) is 0 Å². The van der Waals surface area contributed by atoms with Gasteiger partial charge in [0.05, 0.1) is 0 Å². The van der Waals surface area contributed by atoms with E-state index in [0.717, 1.165) is 19.4 Å². The summed E-state index contributed by atoms with van der Waals surface area (Å²) in [6.07, 6.45) is 42.7. The van der Waals surface area contributed by atoms with Crippen LogP contribution in [0.1, 0.15) is 199 Å². The van der Waals surface area contributed by atoms with Gasteiger partial charge < -0.3 is 9.88 Å². The number of aromatic nitrogens is 2. The maximum atomic E-state index is 12.2. The van der Waals surface area contributed by atoms with Crippen molar-refractivity contribution in [2.24, 2.45) is 0 Å². The van der Waals surface area contributed by atoms with E-state index >= 15 is 0 Å². The van der Waals surface area contributed by atoms with Gasteiger partial charge in [-0.05, 0) is 12.8 Å². The van der Waals surface area contributed by atoms with E-state index in [-0.39, 0.29) is 5.91 Å². The molecule has 1 amide bonds. The van der Waals surface area contributed by atoms with Gasteiger partial charge in [-0.1, -0.05) is 174 Å². The average molecular weight is 574 g/mol. The first-order chi connectivity index (χ1) is 20.3. The molecule has 0 aliphatic carbocycles. The number of aryl methyl sites for hydroxylation is 1. The molecule has 0 aromatic carbocycles. The van der Waals surface area contributed by atoms with Gasteiger partial charge in [-0.25, -0.2) is 4.98 Å². The van der Waals surface area contributed by atoms with Crippen LogP contribution in [0.2, 0.25) is 0 Å². The zero-order chi connectivity index (χ0) is 29.5. The van der Waals surface area contributed by atoms with Gasteiger partial charge in [0.2, 0.25) is 5.91 Å². The molecule has 0 saturated carbocycles. The lowest BCUT2D eigenvalue weighted by Gasteiger charge is -2.09. The molecule has 240 valence electrons. The molecule has 1 aromatic heterocycles. The molecular weight excluding hydrogens is 502 g/mol. The fourth-order valence-electron chi connectivity index (χ4n) is 5.96. The highest BCUT2D eigenvalue weighted by Crippen LogP contribution is 2.15. The maximum Gasteiger partial charge on any atom is 0.220 e. The van der Waals surface area contributed by atoms with Gasteiger partial charge in [0.1, 0.15) is 5.82 Å². The van der Waals surface area contributed by atoms with Gasteiger partial charge in [-0.2, -0.15) is 0 Å². The van der Waals surface area contributed by atoms with Crippen molar-refractivity contribution in [1.29, 1.82) is 0 Å². The van der Waals surface area contributed by atoms with Crippen LogP contribution in [0.3, 0.4) is 0 Å². The summed E-state index contributed by atoms with van der Waals surface area (Å²) in [6.45, 7) is 6.11. The van der Waals surface area contributed by atoms with E-state index in [4.69, 9.17) is 0 Å². The monoisotopic (exact) mass is 574 g/mol. The number of hydrogen-bond acceptors (Lipinski definition) is 2. The third kappa shape index (κ3) is 24.9. The van der Waals surface area contributed by atoms with E-state index in [9.17, 15) is 4.79 Å². The van der Waals surface area contributed by atoms with Crippen LogP contribution in [-0.2, 0) is 17.8 Å².